The number of carboxylic acid groups (broad SMARTS) is 1. The summed E-state index contributed by atoms with van der Waals surface area (Å²) in [6, 6.07) is 12.1. The molecular formula is C21H19BrN2O5. The average molecular weight is 459 g/mol. The van der Waals surface area contributed by atoms with Gasteiger partial charge in [-0.2, -0.15) is 5.10 Å². The van der Waals surface area contributed by atoms with Gasteiger partial charge in [-0.15, -0.1) is 0 Å². The van der Waals surface area contributed by atoms with Crippen molar-refractivity contribution >= 4 is 27.7 Å². The smallest absolute Gasteiger partial charge is 0.344 e. The van der Waals surface area contributed by atoms with E-state index < -0.39 is 12.1 Å². The third-order valence-corrected chi connectivity index (χ3v) is 4.78. The summed E-state index contributed by atoms with van der Waals surface area (Å²) in [6.07, 6.45) is 2.31. The van der Waals surface area contributed by atoms with Gasteiger partial charge in [0.15, 0.2) is 11.9 Å². The van der Waals surface area contributed by atoms with Gasteiger partial charge in [0.1, 0.15) is 11.5 Å². The minimum atomic E-state index is -1.08. The molecule has 0 aliphatic rings. The maximum absolute atomic E-state index is 13.1. The Morgan fingerprint density at radius 2 is 1.93 bits per heavy atom. The van der Waals surface area contributed by atoms with Gasteiger partial charge in [-0.25, -0.2) is 9.48 Å². The highest BCUT2D eigenvalue weighted by Crippen LogP contribution is 2.27. The minimum Gasteiger partial charge on any atom is -0.497 e. The lowest BCUT2D eigenvalue weighted by molar-refractivity contribution is -0.145. The first-order valence-electron chi connectivity index (χ1n) is 8.85. The Morgan fingerprint density at radius 3 is 2.55 bits per heavy atom. The minimum absolute atomic E-state index is 0.213. The van der Waals surface area contributed by atoms with E-state index in [4.69, 9.17) is 9.47 Å². The number of rotatable bonds is 8. The second-order valence-corrected chi connectivity index (χ2v) is 7.11. The Kier molecular flexibility index (Phi) is 6.33. The fraction of sp³-hybridized carbons (Fsp3) is 0.190. The van der Waals surface area contributed by atoms with Crippen LogP contribution in [0.4, 0.5) is 0 Å². The number of carbonyl (C=O) groups is 2. The van der Waals surface area contributed by atoms with Gasteiger partial charge in [0.2, 0.25) is 0 Å². The zero-order valence-electron chi connectivity index (χ0n) is 15.8. The maximum Gasteiger partial charge on any atom is 0.344 e. The van der Waals surface area contributed by atoms with E-state index in [9.17, 15) is 14.7 Å². The first-order chi connectivity index (χ1) is 13.9. The van der Waals surface area contributed by atoms with Crippen molar-refractivity contribution in [2.45, 2.75) is 19.4 Å². The van der Waals surface area contributed by atoms with Gasteiger partial charge in [-0.05, 0) is 48.9 Å². The van der Waals surface area contributed by atoms with Crippen LogP contribution >= 0.6 is 15.9 Å². The second-order valence-electron chi connectivity index (χ2n) is 6.19. The molecule has 1 heterocycles. The molecule has 1 atom stereocenters. The molecule has 0 saturated carbocycles. The number of hydrogen-bond acceptors (Lipinski definition) is 5. The van der Waals surface area contributed by atoms with Crippen molar-refractivity contribution in [3.05, 3.63) is 70.5 Å². The van der Waals surface area contributed by atoms with E-state index in [1.165, 1.54) is 6.20 Å². The van der Waals surface area contributed by atoms with Crippen LogP contribution in [0.1, 0.15) is 29.3 Å². The van der Waals surface area contributed by atoms with Crippen LogP contribution in [0.3, 0.4) is 0 Å². The quantitative estimate of drug-likeness (QED) is 0.510. The summed E-state index contributed by atoms with van der Waals surface area (Å²) in [6.45, 7) is 1.71. The van der Waals surface area contributed by atoms with E-state index in [0.717, 1.165) is 11.4 Å². The van der Waals surface area contributed by atoms with E-state index in [1.54, 1.807) is 55.2 Å². The normalized spacial score (nSPS) is 11.7. The number of methoxy groups -OCH3 is 1. The molecule has 3 aromatic rings. The molecule has 0 radical (unpaired) electrons. The number of carboxylic acids is 1. The predicted molar refractivity (Wildman–Crippen MR) is 110 cm³/mol. The van der Waals surface area contributed by atoms with Crippen LogP contribution in [-0.2, 0) is 4.79 Å². The molecule has 0 amide bonds. The number of hydrogen-bond donors (Lipinski definition) is 1. The highest BCUT2D eigenvalue weighted by Gasteiger charge is 2.22. The monoisotopic (exact) mass is 458 g/mol. The zero-order chi connectivity index (χ0) is 21.0. The summed E-state index contributed by atoms with van der Waals surface area (Å²) < 4.78 is 13.0. The summed E-state index contributed by atoms with van der Waals surface area (Å²) >= 11 is 3.35. The Labute approximate surface area is 176 Å². The van der Waals surface area contributed by atoms with Gasteiger partial charge >= 0.3 is 5.97 Å². The third kappa shape index (κ3) is 4.65. The van der Waals surface area contributed by atoms with E-state index >= 15 is 0 Å². The molecule has 29 heavy (non-hydrogen) atoms. The predicted octanol–water partition coefficient (Wildman–Crippen LogP) is 4.12. The van der Waals surface area contributed by atoms with E-state index in [0.29, 0.717) is 10.0 Å². The summed E-state index contributed by atoms with van der Waals surface area (Å²) in [5, 5.41) is 13.5. The molecule has 2 aromatic carbocycles. The Hall–Kier alpha value is -3.13. The van der Waals surface area contributed by atoms with E-state index in [2.05, 4.69) is 21.0 Å². The molecule has 0 aliphatic heterocycles. The molecule has 3 rings (SSSR count). The number of nitrogens with zero attached hydrogens (tertiary/aromatic N) is 2. The Balaban J connectivity index is 1.91. The van der Waals surface area contributed by atoms with Gasteiger partial charge in [0.05, 0.1) is 30.1 Å². The van der Waals surface area contributed by atoms with Crippen molar-refractivity contribution in [2.24, 2.45) is 0 Å². The van der Waals surface area contributed by atoms with Crippen molar-refractivity contribution < 1.29 is 24.2 Å². The van der Waals surface area contributed by atoms with Crippen molar-refractivity contribution in [2.75, 3.05) is 7.11 Å². The third-order valence-electron chi connectivity index (χ3n) is 4.28. The number of aliphatic carboxylic acids is 1. The Bertz CT molecular complexity index is 1030. The lowest BCUT2D eigenvalue weighted by Crippen LogP contribution is -2.26. The topological polar surface area (TPSA) is 90.6 Å². The highest BCUT2D eigenvalue weighted by molar-refractivity contribution is 9.10. The molecule has 0 aliphatic carbocycles. The standard InChI is InChI=1S/C21H19BrN2O5/c1-3-18(21(26)27)29-19-9-4-14(22)10-17(19)20(25)13-11-23-24(12-13)15-5-7-16(28-2)8-6-15/h4-12,18H,3H2,1-2H3,(H,26,27). The van der Waals surface area contributed by atoms with Gasteiger partial charge in [0, 0.05) is 10.7 Å². The van der Waals surface area contributed by atoms with Crippen LogP contribution in [0.15, 0.2) is 59.3 Å². The molecule has 150 valence electrons. The summed E-state index contributed by atoms with van der Waals surface area (Å²) in [7, 11) is 1.59. The molecule has 1 N–H and O–H groups in total. The molecule has 8 heteroatoms. The molecular weight excluding hydrogens is 440 g/mol. The van der Waals surface area contributed by atoms with Crippen molar-refractivity contribution in [3.8, 4) is 17.2 Å². The molecule has 0 spiro atoms. The van der Waals surface area contributed by atoms with Crippen LogP contribution in [0.5, 0.6) is 11.5 Å². The SMILES string of the molecule is CCC(Oc1ccc(Br)cc1C(=O)c1cnn(-c2ccc(OC)cc2)c1)C(=O)O. The van der Waals surface area contributed by atoms with E-state index in [1.807, 2.05) is 12.1 Å². The summed E-state index contributed by atoms with van der Waals surface area (Å²) in [5.41, 5.74) is 1.38. The number of carbonyl (C=O) groups excluding carboxylic acids is 1. The number of aromatic nitrogens is 2. The van der Waals surface area contributed by atoms with Crippen LogP contribution < -0.4 is 9.47 Å². The highest BCUT2D eigenvalue weighted by atomic mass is 79.9. The van der Waals surface area contributed by atoms with Crippen LogP contribution in [0, 0.1) is 0 Å². The molecule has 7 nitrogen and oxygen atoms in total. The van der Waals surface area contributed by atoms with Gasteiger partial charge in [0.25, 0.3) is 0 Å². The largest absolute Gasteiger partial charge is 0.497 e. The Morgan fingerprint density at radius 1 is 1.21 bits per heavy atom. The lowest BCUT2D eigenvalue weighted by Gasteiger charge is -2.16. The van der Waals surface area contributed by atoms with Gasteiger partial charge in [-0.1, -0.05) is 22.9 Å². The molecule has 0 bridgehead atoms. The fourth-order valence-corrected chi connectivity index (χ4v) is 3.08. The summed E-state index contributed by atoms with van der Waals surface area (Å²) in [5.74, 6) is -0.468. The van der Waals surface area contributed by atoms with Crippen LogP contribution in [-0.4, -0.2) is 39.9 Å². The molecule has 0 saturated heterocycles. The first kappa shape index (κ1) is 20.6. The van der Waals surface area contributed by atoms with Crippen molar-refractivity contribution in [1.82, 2.24) is 9.78 Å². The number of benzene rings is 2. The summed E-state index contributed by atoms with van der Waals surface area (Å²) in [4.78, 5) is 24.4. The maximum atomic E-state index is 13.1. The van der Waals surface area contributed by atoms with Crippen LogP contribution in [0.25, 0.3) is 5.69 Å². The second kappa shape index (κ2) is 8.91. The number of ketones is 1. The molecule has 0 fully saturated rings. The zero-order valence-corrected chi connectivity index (χ0v) is 17.4. The average Bonchev–Trinajstić information content (AvgIpc) is 3.22. The van der Waals surface area contributed by atoms with E-state index in [-0.39, 0.29) is 23.5 Å². The fourth-order valence-electron chi connectivity index (χ4n) is 2.72. The van der Waals surface area contributed by atoms with Gasteiger partial charge in [-0.3, -0.25) is 4.79 Å². The number of ether oxygens (including phenoxy) is 2. The number of halogens is 1. The van der Waals surface area contributed by atoms with Crippen LogP contribution in [0.2, 0.25) is 0 Å². The van der Waals surface area contributed by atoms with Crippen molar-refractivity contribution in [1.29, 1.82) is 0 Å². The van der Waals surface area contributed by atoms with Crippen molar-refractivity contribution in [3.63, 3.8) is 0 Å². The molecule has 1 aromatic heterocycles. The van der Waals surface area contributed by atoms with Gasteiger partial charge < -0.3 is 14.6 Å². The lowest BCUT2D eigenvalue weighted by atomic mass is 10.1. The first-order valence-corrected chi connectivity index (χ1v) is 9.65. The molecule has 1 unspecified atom stereocenters.